The van der Waals surface area contributed by atoms with E-state index in [-0.39, 0.29) is 12.2 Å². The maximum absolute atomic E-state index is 13.5. The van der Waals surface area contributed by atoms with Crippen LogP contribution in [0.1, 0.15) is 5.56 Å². The van der Waals surface area contributed by atoms with Gasteiger partial charge >= 0.3 is 0 Å². The number of carbonyl (C=O) groups excluding carboxylic acids is 1. The van der Waals surface area contributed by atoms with Crippen LogP contribution in [0.2, 0.25) is 0 Å². The van der Waals surface area contributed by atoms with Crippen LogP contribution in [0.25, 0.3) is 5.69 Å². The van der Waals surface area contributed by atoms with Gasteiger partial charge in [-0.3, -0.25) is 4.79 Å². The molecule has 1 heterocycles. The van der Waals surface area contributed by atoms with Gasteiger partial charge in [-0.2, -0.15) is 0 Å². The van der Waals surface area contributed by atoms with E-state index in [0.29, 0.717) is 5.69 Å². The number of rotatable bonds is 5. The van der Waals surface area contributed by atoms with Gasteiger partial charge in [-0.15, -0.1) is 5.10 Å². The van der Waals surface area contributed by atoms with Gasteiger partial charge in [0.25, 0.3) is 0 Å². The number of carbonyl (C=O) groups is 1. The summed E-state index contributed by atoms with van der Waals surface area (Å²) in [6.45, 7) is 1.78. The number of nitrogens with one attached hydrogen (secondary N) is 2. The zero-order valence-electron chi connectivity index (χ0n) is 13.2. The third kappa shape index (κ3) is 3.94. The Labute approximate surface area is 141 Å². The number of amides is 1. The van der Waals surface area contributed by atoms with Crippen molar-refractivity contribution in [3.05, 3.63) is 59.9 Å². The fourth-order valence-electron chi connectivity index (χ4n) is 2.26. The van der Waals surface area contributed by atoms with Crippen molar-refractivity contribution in [1.29, 1.82) is 0 Å². The molecule has 0 unspecified atom stereocenters. The molecule has 0 fully saturated rings. The Bertz CT molecular complexity index is 898. The zero-order chi connectivity index (χ0) is 17.8. The highest BCUT2D eigenvalue weighted by Gasteiger charge is 2.09. The molecule has 25 heavy (non-hydrogen) atoms. The quantitative estimate of drug-likeness (QED) is 0.742. The van der Waals surface area contributed by atoms with Crippen LogP contribution in [-0.2, 0) is 4.79 Å². The van der Waals surface area contributed by atoms with Crippen molar-refractivity contribution in [3.63, 3.8) is 0 Å². The Morgan fingerprint density at radius 2 is 2.04 bits per heavy atom. The predicted molar refractivity (Wildman–Crippen MR) is 87.4 cm³/mol. The van der Waals surface area contributed by atoms with Crippen molar-refractivity contribution >= 4 is 17.3 Å². The van der Waals surface area contributed by atoms with Crippen LogP contribution in [-0.4, -0.2) is 32.7 Å². The SMILES string of the molecule is Cc1cc(NCC(=O)Nc2cc(F)ccc2F)ccc1-n1cnnn1. The van der Waals surface area contributed by atoms with E-state index in [4.69, 9.17) is 0 Å². The van der Waals surface area contributed by atoms with Crippen LogP contribution in [0.5, 0.6) is 0 Å². The number of hydrogen-bond acceptors (Lipinski definition) is 5. The fourth-order valence-corrected chi connectivity index (χ4v) is 2.26. The van der Waals surface area contributed by atoms with Gasteiger partial charge in [0.2, 0.25) is 5.91 Å². The monoisotopic (exact) mass is 344 g/mol. The molecule has 2 aromatic carbocycles. The highest BCUT2D eigenvalue weighted by atomic mass is 19.1. The lowest BCUT2D eigenvalue weighted by Gasteiger charge is -2.11. The summed E-state index contributed by atoms with van der Waals surface area (Å²) >= 11 is 0. The first-order valence-corrected chi connectivity index (χ1v) is 7.36. The Kier molecular flexibility index (Phi) is 4.64. The van der Waals surface area contributed by atoms with Gasteiger partial charge in [0.1, 0.15) is 18.0 Å². The van der Waals surface area contributed by atoms with Gasteiger partial charge in [-0.1, -0.05) is 0 Å². The molecule has 0 saturated heterocycles. The molecule has 3 aromatic rings. The average molecular weight is 344 g/mol. The second-order valence-corrected chi connectivity index (χ2v) is 5.28. The Balaban J connectivity index is 1.62. The van der Waals surface area contributed by atoms with E-state index in [1.165, 1.54) is 11.0 Å². The lowest BCUT2D eigenvalue weighted by atomic mass is 10.2. The van der Waals surface area contributed by atoms with E-state index >= 15 is 0 Å². The third-order valence-corrected chi connectivity index (χ3v) is 3.45. The molecule has 1 aromatic heterocycles. The summed E-state index contributed by atoms with van der Waals surface area (Å²) in [4.78, 5) is 11.9. The fraction of sp³-hybridized carbons (Fsp3) is 0.125. The summed E-state index contributed by atoms with van der Waals surface area (Å²) in [5.41, 5.74) is 2.21. The highest BCUT2D eigenvalue weighted by Crippen LogP contribution is 2.18. The molecule has 0 radical (unpaired) electrons. The van der Waals surface area contributed by atoms with Gasteiger partial charge in [-0.25, -0.2) is 13.5 Å². The Morgan fingerprint density at radius 3 is 2.76 bits per heavy atom. The van der Waals surface area contributed by atoms with E-state index in [9.17, 15) is 13.6 Å². The van der Waals surface area contributed by atoms with E-state index in [1.807, 2.05) is 13.0 Å². The van der Waals surface area contributed by atoms with E-state index in [0.717, 1.165) is 29.4 Å². The minimum absolute atomic E-state index is 0.0976. The average Bonchev–Trinajstić information content (AvgIpc) is 3.10. The van der Waals surface area contributed by atoms with E-state index in [2.05, 4.69) is 26.2 Å². The van der Waals surface area contributed by atoms with Crippen LogP contribution in [0.4, 0.5) is 20.2 Å². The molecule has 1 amide bonds. The maximum Gasteiger partial charge on any atom is 0.243 e. The second kappa shape index (κ2) is 7.04. The number of aryl methyl sites for hydroxylation is 1. The van der Waals surface area contributed by atoms with Crippen LogP contribution in [0.3, 0.4) is 0 Å². The number of aromatic nitrogens is 4. The van der Waals surface area contributed by atoms with E-state index in [1.54, 1.807) is 12.1 Å². The van der Waals surface area contributed by atoms with Crippen LogP contribution < -0.4 is 10.6 Å². The van der Waals surface area contributed by atoms with E-state index < -0.39 is 17.5 Å². The van der Waals surface area contributed by atoms with Gasteiger partial charge in [0.15, 0.2) is 0 Å². The smallest absolute Gasteiger partial charge is 0.243 e. The summed E-state index contributed by atoms with van der Waals surface area (Å²) in [6.07, 6.45) is 1.48. The molecule has 3 rings (SSSR count). The van der Waals surface area contributed by atoms with Gasteiger partial charge in [-0.05, 0) is 53.2 Å². The number of tetrazole rings is 1. The molecule has 0 atom stereocenters. The van der Waals surface area contributed by atoms with Crippen LogP contribution in [0, 0.1) is 18.6 Å². The molecule has 0 saturated carbocycles. The summed E-state index contributed by atoms with van der Waals surface area (Å²) in [7, 11) is 0. The molecule has 0 aliphatic carbocycles. The summed E-state index contributed by atoms with van der Waals surface area (Å²) in [5.74, 6) is -1.82. The molecule has 128 valence electrons. The molecule has 7 nitrogen and oxygen atoms in total. The molecule has 0 aliphatic heterocycles. The van der Waals surface area contributed by atoms with Crippen molar-refractivity contribution in [1.82, 2.24) is 20.2 Å². The number of hydrogen-bond donors (Lipinski definition) is 2. The van der Waals surface area contributed by atoms with Crippen LogP contribution in [0.15, 0.2) is 42.7 Å². The standard InChI is InChI=1S/C16H14F2N6O/c1-10-6-12(3-5-15(10)24-9-20-22-23-24)19-8-16(25)21-14-7-11(17)2-4-13(14)18/h2-7,9,19H,8H2,1H3,(H,21,25). The van der Waals surface area contributed by atoms with Crippen molar-refractivity contribution in [3.8, 4) is 5.69 Å². The summed E-state index contributed by atoms with van der Waals surface area (Å²) in [6, 6.07) is 8.27. The molecule has 0 bridgehead atoms. The molecule has 0 aliphatic rings. The Hall–Kier alpha value is -3.36. The first-order chi connectivity index (χ1) is 12.0. The minimum Gasteiger partial charge on any atom is -0.376 e. The highest BCUT2D eigenvalue weighted by molar-refractivity contribution is 5.93. The van der Waals surface area contributed by atoms with Crippen molar-refractivity contribution in [2.75, 3.05) is 17.2 Å². The van der Waals surface area contributed by atoms with Gasteiger partial charge < -0.3 is 10.6 Å². The number of anilines is 2. The summed E-state index contributed by atoms with van der Waals surface area (Å²) in [5, 5.41) is 16.2. The maximum atomic E-state index is 13.5. The summed E-state index contributed by atoms with van der Waals surface area (Å²) < 4.78 is 28.1. The van der Waals surface area contributed by atoms with Crippen LogP contribution >= 0.6 is 0 Å². The van der Waals surface area contributed by atoms with Gasteiger partial charge in [0.05, 0.1) is 17.9 Å². The largest absolute Gasteiger partial charge is 0.376 e. The van der Waals surface area contributed by atoms with Crippen molar-refractivity contribution in [2.45, 2.75) is 6.92 Å². The Morgan fingerprint density at radius 1 is 1.20 bits per heavy atom. The molecule has 9 heteroatoms. The van der Waals surface area contributed by atoms with Crippen molar-refractivity contribution < 1.29 is 13.6 Å². The second-order valence-electron chi connectivity index (χ2n) is 5.28. The lowest BCUT2D eigenvalue weighted by Crippen LogP contribution is -2.22. The molecular formula is C16H14F2N6O. The third-order valence-electron chi connectivity index (χ3n) is 3.45. The normalized spacial score (nSPS) is 10.5. The lowest BCUT2D eigenvalue weighted by molar-refractivity contribution is -0.114. The minimum atomic E-state index is -0.698. The zero-order valence-corrected chi connectivity index (χ0v) is 13.2. The predicted octanol–water partition coefficient (Wildman–Crippen LogP) is 2.30. The number of benzene rings is 2. The van der Waals surface area contributed by atoms with Gasteiger partial charge in [0, 0.05) is 11.8 Å². The molecule has 2 N–H and O–H groups in total. The first kappa shape index (κ1) is 16.5. The molecule has 0 spiro atoms. The first-order valence-electron chi connectivity index (χ1n) is 7.36. The molecular weight excluding hydrogens is 330 g/mol. The number of halogens is 2. The topological polar surface area (TPSA) is 84.7 Å². The van der Waals surface area contributed by atoms with Crippen molar-refractivity contribution in [2.24, 2.45) is 0 Å². The number of nitrogens with zero attached hydrogens (tertiary/aromatic N) is 4.